The van der Waals surface area contributed by atoms with Gasteiger partial charge in [0, 0.05) is 46.1 Å². The third-order valence-electron chi connectivity index (χ3n) is 7.64. The zero-order valence-electron chi connectivity index (χ0n) is 25.5. The predicted molar refractivity (Wildman–Crippen MR) is 176 cm³/mol. The number of azide groups is 1. The molecule has 2 atom stereocenters. The average Bonchev–Trinajstić information content (AvgIpc) is 3.07. The van der Waals surface area contributed by atoms with Crippen LogP contribution in [0.15, 0.2) is 106 Å². The smallest absolute Gasteiger partial charge is 0.315 e. The minimum Gasteiger partial charge on any atom is -0.464 e. The molecule has 0 bridgehead atoms. The van der Waals surface area contributed by atoms with E-state index >= 15 is 0 Å². The number of hydrogen-bond donors (Lipinski definition) is 1. The number of carbonyl (C=O) groups is 2. The lowest BCUT2D eigenvalue weighted by Gasteiger charge is -2.33. The molecule has 1 N–H and O–H groups in total. The molecule has 0 fully saturated rings. The van der Waals surface area contributed by atoms with Gasteiger partial charge in [-0.25, -0.2) is 0 Å². The Morgan fingerprint density at radius 3 is 2.39 bits per heavy atom. The van der Waals surface area contributed by atoms with Crippen LogP contribution in [0.2, 0.25) is 5.02 Å². The Kier molecular flexibility index (Phi) is 12.9. The fourth-order valence-electron chi connectivity index (χ4n) is 5.61. The first-order chi connectivity index (χ1) is 22.4. The number of esters is 1. The number of aliphatic imine (C=N–C) groups is 1. The van der Waals surface area contributed by atoms with E-state index in [1.165, 1.54) is 0 Å². The van der Waals surface area contributed by atoms with E-state index in [1.807, 2.05) is 42.5 Å². The summed E-state index contributed by atoms with van der Waals surface area (Å²) < 4.78 is 11.2. The van der Waals surface area contributed by atoms with Gasteiger partial charge >= 0.3 is 5.97 Å². The second kappa shape index (κ2) is 17.5. The van der Waals surface area contributed by atoms with Gasteiger partial charge in [0.2, 0.25) is 5.91 Å². The molecule has 0 spiro atoms. The lowest BCUT2D eigenvalue weighted by atomic mass is 9.75. The second-order valence-electron chi connectivity index (χ2n) is 10.6. The number of amides is 1. The molecule has 1 heterocycles. The first kappa shape index (κ1) is 33.9. The van der Waals surface area contributed by atoms with Gasteiger partial charge in [-0.05, 0) is 47.7 Å². The van der Waals surface area contributed by atoms with Crippen molar-refractivity contribution >= 4 is 29.2 Å². The molecule has 0 saturated heterocycles. The van der Waals surface area contributed by atoms with Gasteiger partial charge in [-0.2, -0.15) is 5.26 Å². The predicted octanol–water partition coefficient (Wildman–Crippen LogP) is 6.89. The molecule has 236 valence electrons. The molecule has 10 nitrogen and oxygen atoms in total. The highest BCUT2D eigenvalue weighted by Gasteiger charge is 2.42. The monoisotopic (exact) mass is 638 g/mol. The van der Waals surface area contributed by atoms with Crippen LogP contribution in [0, 0.1) is 17.2 Å². The molecule has 2 unspecified atom stereocenters. The normalized spacial score (nSPS) is 15.8. The maximum atomic E-state index is 14.2. The Bertz CT molecular complexity index is 1610. The SMILES string of the molecule is CC1=NC(COCCN=[N+]=[N-])=C(C(=O)NCCC(c2ccccc2)c2ccccc2)C(c2cccc(Cl)c2)C1C(=O)OCCC#N. The van der Waals surface area contributed by atoms with Gasteiger partial charge in [0.05, 0.1) is 31.4 Å². The number of nitriles is 1. The summed E-state index contributed by atoms with van der Waals surface area (Å²) in [7, 11) is 0. The van der Waals surface area contributed by atoms with E-state index in [9.17, 15) is 9.59 Å². The largest absolute Gasteiger partial charge is 0.464 e. The highest BCUT2D eigenvalue weighted by atomic mass is 35.5. The molecule has 46 heavy (non-hydrogen) atoms. The number of nitrogens with one attached hydrogen (secondary N) is 1. The average molecular weight is 639 g/mol. The zero-order valence-corrected chi connectivity index (χ0v) is 26.3. The van der Waals surface area contributed by atoms with E-state index in [1.54, 1.807) is 31.2 Å². The number of halogens is 1. The third kappa shape index (κ3) is 9.05. The van der Waals surface area contributed by atoms with Gasteiger partial charge in [-0.1, -0.05) is 89.5 Å². The van der Waals surface area contributed by atoms with Crippen molar-refractivity contribution < 1.29 is 19.1 Å². The second-order valence-corrected chi connectivity index (χ2v) is 11.1. The highest BCUT2D eigenvalue weighted by molar-refractivity contribution is 6.30. The number of nitrogens with zero attached hydrogens (tertiary/aromatic N) is 5. The van der Waals surface area contributed by atoms with Gasteiger partial charge in [0.1, 0.15) is 12.5 Å². The van der Waals surface area contributed by atoms with Crippen molar-refractivity contribution in [2.24, 2.45) is 16.0 Å². The summed E-state index contributed by atoms with van der Waals surface area (Å²) in [5.41, 5.74) is 12.6. The number of carbonyl (C=O) groups excluding carboxylic acids is 2. The van der Waals surface area contributed by atoms with Crippen LogP contribution in [0.5, 0.6) is 0 Å². The van der Waals surface area contributed by atoms with Crippen molar-refractivity contribution in [3.05, 3.63) is 128 Å². The molecule has 3 aromatic carbocycles. The minimum atomic E-state index is -0.939. The highest BCUT2D eigenvalue weighted by Crippen LogP contribution is 2.40. The molecule has 1 aliphatic rings. The van der Waals surface area contributed by atoms with E-state index in [0.717, 1.165) is 11.1 Å². The summed E-state index contributed by atoms with van der Waals surface area (Å²) in [4.78, 5) is 35.1. The van der Waals surface area contributed by atoms with Crippen molar-refractivity contribution in [3.63, 3.8) is 0 Å². The van der Waals surface area contributed by atoms with Crippen LogP contribution in [0.4, 0.5) is 0 Å². The molecule has 11 heteroatoms. The number of rotatable bonds is 15. The Morgan fingerprint density at radius 1 is 1.07 bits per heavy atom. The first-order valence-corrected chi connectivity index (χ1v) is 15.4. The first-order valence-electron chi connectivity index (χ1n) is 15.0. The van der Waals surface area contributed by atoms with E-state index in [0.29, 0.717) is 35.0 Å². The molecular weight excluding hydrogens is 604 g/mol. The molecule has 0 radical (unpaired) electrons. The van der Waals surface area contributed by atoms with Gasteiger partial charge < -0.3 is 14.8 Å². The van der Waals surface area contributed by atoms with Crippen LogP contribution in [-0.4, -0.2) is 50.5 Å². The summed E-state index contributed by atoms with van der Waals surface area (Å²) in [6.07, 6.45) is 0.655. The Morgan fingerprint density at radius 2 is 1.76 bits per heavy atom. The number of hydrogen-bond acceptors (Lipinski definition) is 7. The minimum absolute atomic E-state index is 0.0356. The van der Waals surface area contributed by atoms with Crippen LogP contribution >= 0.6 is 11.6 Å². The van der Waals surface area contributed by atoms with Crippen molar-refractivity contribution in [1.82, 2.24) is 5.32 Å². The zero-order chi connectivity index (χ0) is 32.7. The molecule has 1 amide bonds. The van der Waals surface area contributed by atoms with Crippen LogP contribution in [0.25, 0.3) is 10.4 Å². The van der Waals surface area contributed by atoms with Gasteiger partial charge in [0.25, 0.3) is 0 Å². The Labute approximate surface area is 273 Å². The van der Waals surface area contributed by atoms with Crippen molar-refractivity contribution in [1.29, 1.82) is 5.26 Å². The lowest BCUT2D eigenvalue weighted by Crippen LogP contribution is -2.40. The van der Waals surface area contributed by atoms with Crippen LogP contribution in [0.1, 0.15) is 48.3 Å². The molecule has 3 aromatic rings. The molecule has 1 aliphatic heterocycles. The Hall–Kier alpha value is -4.94. The summed E-state index contributed by atoms with van der Waals surface area (Å²) in [6, 6.07) is 29.2. The molecule has 0 aliphatic carbocycles. The molecular formula is C35H35ClN6O4. The summed E-state index contributed by atoms with van der Waals surface area (Å²) in [6.45, 7) is 2.14. The maximum Gasteiger partial charge on any atom is 0.315 e. The van der Waals surface area contributed by atoms with E-state index in [-0.39, 0.29) is 44.3 Å². The molecule has 0 aromatic heterocycles. The summed E-state index contributed by atoms with van der Waals surface area (Å²) in [5, 5.41) is 16.0. The number of ether oxygens (including phenoxy) is 2. The summed E-state index contributed by atoms with van der Waals surface area (Å²) in [5.74, 6) is -2.68. The Balaban J connectivity index is 1.68. The van der Waals surface area contributed by atoms with Crippen molar-refractivity contribution in [2.45, 2.75) is 31.6 Å². The molecule has 0 saturated carbocycles. The molecule has 4 rings (SSSR count). The topological polar surface area (TPSA) is 150 Å². The maximum absolute atomic E-state index is 14.2. The van der Waals surface area contributed by atoms with Crippen molar-refractivity contribution in [2.75, 3.05) is 32.9 Å². The van der Waals surface area contributed by atoms with Crippen LogP contribution < -0.4 is 5.32 Å². The number of benzene rings is 3. The van der Waals surface area contributed by atoms with Crippen molar-refractivity contribution in [3.8, 4) is 6.07 Å². The van der Waals surface area contributed by atoms with Gasteiger partial charge in [-0.3, -0.25) is 14.6 Å². The fraction of sp³-hybridized carbons (Fsp3) is 0.314. The van der Waals surface area contributed by atoms with Gasteiger partial charge in [-0.15, -0.1) is 0 Å². The van der Waals surface area contributed by atoms with E-state index in [4.69, 9.17) is 31.9 Å². The quantitative estimate of drug-likeness (QED) is 0.0632. The fourth-order valence-corrected chi connectivity index (χ4v) is 5.80. The lowest BCUT2D eigenvalue weighted by molar-refractivity contribution is -0.146. The van der Waals surface area contributed by atoms with Crippen LogP contribution in [0.3, 0.4) is 0 Å². The third-order valence-corrected chi connectivity index (χ3v) is 7.88. The van der Waals surface area contributed by atoms with E-state index in [2.05, 4.69) is 44.6 Å². The standard InChI is InChI=1S/C35H35ClN6O4/c1-24-31(35(44)46-20-9-17-37)32(27-14-8-15-28(36)22-27)33(30(41-24)23-45-21-19-40-42-38)34(43)39-18-16-29(25-10-4-2-5-11-25)26-12-6-3-7-13-26/h2-8,10-15,22,29,31-32H,9,16,18-21,23H2,1H3,(H,39,43). The van der Waals surface area contributed by atoms with Gasteiger partial charge in [0.15, 0.2) is 0 Å². The van der Waals surface area contributed by atoms with Crippen LogP contribution in [-0.2, 0) is 19.1 Å². The van der Waals surface area contributed by atoms with E-state index < -0.39 is 23.7 Å². The summed E-state index contributed by atoms with van der Waals surface area (Å²) >= 11 is 6.40.